The van der Waals surface area contributed by atoms with Crippen LogP contribution >= 0.6 is 0 Å². The second kappa shape index (κ2) is 5.25. The molecule has 0 radical (unpaired) electrons. The summed E-state index contributed by atoms with van der Waals surface area (Å²) in [7, 11) is 1.91. The van der Waals surface area contributed by atoms with Crippen LogP contribution in [0.1, 0.15) is 24.1 Å². The number of halogens is 1. The van der Waals surface area contributed by atoms with Crippen LogP contribution in [0.2, 0.25) is 0 Å². The monoisotopic (exact) mass is 271 g/mol. The van der Waals surface area contributed by atoms with Crippen molar-refractivity contribution < 1.29 is 9.13 Å². The van der Waals surface area contributed by atoms with Gasteiger partial charge in [0.2, 0.25) is 0 Å². The highest BCUT2D eigenvalue weighted by molar-refractivity contribution is 5.70. The summed E-state index contributed by atoms with van der Waals surface area (Å²) in [5, 5.41) is 3.22. The molecule has 104 valence electrons. The summed E-state index contributed by atoms with van der Waals surface area (Å²) in [4.78, 5) is 0. The first-order chi connectivity index (χ1) is 9.69. The Hall–Kier alpha value is -1.87. The molecule has 0 spiro atoms. The van der Waals surface area contributed by atoms with Gasteiger partial charge in [0, 0.05) is 12.5 Å². The molecule has 2 nitrogen and oxygen atoms in total. The topological polar surface area (TPSA) is 21.3 Å². The van der Waals surface area contributed by atoms with E-state index in [1.807, 2.05) is 25.2 Å². The molecule has 0 aromatic heterocycles. The molecule has 0 amide bonds. The number of ether oxygens (including phenoxy) is 1. The molecule has 0 saturated heterocycles. The molecule has 1 aliphatic heterocycles. The second-order valence-electron chi connectivity index (χ2n) is 5.16. The van der Waals surface area contributed by atoms with Crippen molar-refractivity contribution in [2.45, 2.75) is 19.4 Å². The zero-order chi connectivity index (χ0) is 14.1. The van der Waals surface area contributed by atoms with Gasteiger partial charge in [-0.1, -0.05) is 12.1 Å². The third-order valence-corrected chi connectivity index (χ3v) is 3.92. The molecule has 1 heterocycles. The maximum atomic E-state index is 13.6. The summed E-state index contributed by atoms with van der Waals surface area (Å²) in [6, 6.07) is 11.3. The van der Waals surface area contributed by atoms with Crippen LogP contribution in [0.3, 0.4) is 0 Å². The highest BCUT2D eigenvalue weighted by atomic mass is 19.1. The molecule has 0 aliphatic carbocycles. The van der Waals surface area contributed by atoms with E-state index in [0.717, 1.165) is 35.5 Å². The molecular formula is C17H18FNO. The molecule has 3 rings (SSSR count). The maximum Gasteiger partial charge on any atom is 0.123 e. The Labute approximate surface area is 118 Å². The van der Waals surface area contributed by atoms with E-state index in [0.29, 0.717) is 0 Å². The first-order valence-corrected chi connectivity index (χ1v) is 6.92. The quantitative estimate of drug-likeness (QED) is 0.919. The fourth-order valence-corrected chi connectivity index (χ4v) is 2.67. The lowest BCUT2D eigenvalue weighted by molar-refractivity contribution is 0.357. The van der Waals surface area contributed by atoms with Gasteiger partial charge in [0.05, 0.1) is 6.61 Å². The molecule has 0 fully saturated rings. The predicted octanol–water partition coefficient (Wildman–Crippen LogP) is 3.71. The predicted molar refractivity (Wildman–Crippen MR) is 78.5 cm³/mol. The van der Waals surface area contributed by atoms with Gasteiger partial charge in [-0.3, -0.25) is 0 Å². The minimum atomic E-state index is -0.205. The Morgan fingerprint density at radius 2 is 2.05 bits per heavy atom. The van der Waals surface area contributed by atoms with Crippen LogP contribution < -0.4 is 10.1 Å². The van der Waals surface area contributed by atoms with Gasteiger partial charge in [-0.25, -0.2) is 4.39 Å². The van der Waals surface area contributed by atoms with Gasteiger partial charge in [0.25, 0.3) is 0 Å². The normalized spacial score (nSPS) is 14.8. The van der Waals surface area contributed by atoms with Crippen molar-refractivity contribution in [3.63, 3.8) is 0 Å². The standard InChI is InChI=1S/C17H18FNO/c1-11(19-2)15-5-4-14(18)10-16(15)12-3-6-17-13(9-12)7-8-20-17/h3-6,9-11,19H,7-8H2,1-2H3. The molecule has 3 heteroatoms. The number of benzene rings is 2. The van der Waals surface area contributed by atoms with Gasteiger partial charge in [0.1, 0.15) is 11.6 Å². The summed E-state index contributed by atoms with van der Waals surface area (Å²) in [6.07, 6.45) is 0.926. The number of rotatable bonds is 3. The Morgan fingerprint density at radius 3 is 2.85 bits per heavy atom. The Morgan fingerprint density at radius 1 is 1.20 bits per heavy atom. The molecule has 1 aliphatic rings. The summed E-state index contributed by atoms with van der Waals surface area (Å²) in [5.74, 6) is 0.747. The van der Waals surface area contributed by atoms with Crippen molar-refractivity contribution in [3.8, 4) is 16.9 Å². The average Bonchev–Trinajstić information content (AvgIpc) is 2.93. The average molecular weight is 271 g/mol. The molecule has 1 unspecified atom stereocenters. The van der Waals surface area contributed by atoms with Gasteiger partial charge in [-0.05, 0) is 60.5 Å². The molecular weight excluding hydrogens is 253 g/mol. The van der Waals surface area contributed by atoms with Crippen LogP contribution in [0.15, 0.2) is 36.4 Å². The smallest absolute Gasteiger partial charge is 0.123 e. The van der Waals surface area contributed by atoms with E-state index in [2.05, 4.69) is 18.3 Å². The molecule has 0 bridgehead atoms. The van der Waals surface area contributed by atoms with Crippen molar-refractivity contribution in [1.29, 1.82) is 0 Å². The van der Waals surface area contributed by atoms with E-state index < -0.39 is 0 Å². The van der Waals surface area contributed by atoms with Crippen molar-refractivity contribution in [2.24, 2.45) is 0 Å². The van der Waals surface area contributed by atoms with Crippen LogP contribution in [0.5, 0.6) is 5.75 Å². The first kappa shape index (κ1) is 13.1. The number of nitrogens with one attached hydrogen (secondary N) is 1. The second-order valence-corrected chi connectivity index (χ2v) is 5.16. The molecule has 2 aromatic carbocycles. The zero-order valence-electron chi connectivity index (χ0n) is 11.7. The zero-order valence-corrected chi connectivity index (χ0v) is 11.7. The third-order valence-electron chi connectivity index (χ3n) is 3.92. The largest absolute Gasteiger partial charge is 0.493 e. The van der Waals surface area contributed by atoms with E-state index in [1.54, 1.807) is 6.07 Å². The fourth-order valence-electron chi connectivity index (χ4n) is 2.67. The fraction of sp³-hybridized carbons (Fsp3) is 0.294. The lowest BCUT2D eigenvalue weighted by atomic mass is 9.94. The van der Waals surface area contributed by atoms with E-state index in [4.69, 9.17) is 4.74 Å². The number of hydrogen-bond acceptors (Lipinski definition) is 2. The lowest BCUT2D eigenvalue weighted by Gasteiger charge is -2.16. The van der Waals surface area contributed by atoms with Crippen molar-refractivity contribution in [1.82, 2.24) is 5.32 Å². The van der Waals surface area contributed by atoms with Crippen LogP contribution in [-0.4, -0.2) is 13.7 Å². The van der Waals surface area contributed by atoms with Crippen LogP contribution in [-0.2, 0) is 6.42 Å². The van der Waals surface area contributed by atoms with Gasteiger partial charge >= 0.3 is 0 Å². The third kappa shape index (κ3) is 2.29. The first-order valence-electron chi connectivity index (χ1n) is 6.92. The minimum absolute atomic E-state index is 0.176. The molecule has 1 atom stereocenters. The van der Waals surface area contributed by atoms with Gasteiger partial charge in [-0.15, -0.1) is 0 Å². The van der Waals surface area contributed by atoms with Gasteiger partial charge < -0.3 is 10.1 Å². The van der Waals surface area contributed by atoms with E-state index in [9.17, 15) is 4.39 Å². The van der Waals surface area contributed by atoms with Crippen LogP contribution in [0.25, 0.3) is 11.1 Å². The Balaban J connectivity index is 2.11. The summed E-state index contributed by atoms with van der Waals surface area (Å²) < 4.78 is 19.2. The Bertz CT molecular complexity index is 639. The molecule has 2 aromatic rings. The lowest BCUT2D eigenvalue weighted by Crippen LogP contribution is -2.13. The molecule has 0 saturated carbocycles. The van der Waals surface area contributed by atoms with E-state index in [-0.39, 0.29) is 11.9 Å². The van der Waals surface area contributed by atoms with Crippen molar-refractivity contribution in [2.75, 3.05) is 13.7 Å². The minimum Gasteiger partial charge on any atom is -0.493 e. The van der Waals surface area contributed by atoms with Crippen molar-refractivity contribution in [3.05, 3.63) is 53.3 Å². The van der Waals surface area contributed by atoms with Crippen LogP contribution in [0.4, 0.5) is 4.39 Å². The highest BCUT2D eigenvalue weighted by Crippen LogP contribution is 2.34. The Kier molecular flexibility index (Phi) is 3.45. The maximum absolute atomic E-state index is 13.6. The van der Waals surface area contributed by atoms with Crippen molar-refractivity contribution >= 4 is 0 Å². The SMILES string of the molecule is CNC(C)c1ccc(F)cc1-c1ccc2c(c1)CCO2. The van der Waals surface area contributed by atoms with Crippen LogP contribution in [0, 0.1) is 5.82 Å². The highest BCUT2D eigenvalue weighted by Gasteiger charge is 2.16. The molecule has 20 heavy (non-hydrogen) atoms. The number of fused-ring (bicyclic) bond motifs is 1. The summed E-state index contributed by atoms with van der Waals surface area (Å²) in [5.41, 5.74) is 4.30. The molecule has 1 N–H and O–H groups in total. The van der Waals surface area contributed by atoms with E-state index >= 15 is 0 Å². The van der Waals surface area contributed by atoms with Gasteiger partial charge in [0.15, 0.2) is 0 Å². The van der Waals surface area contributed by atoms with Gasteiger partial charge in [-0.2, -0.15) is 0 Å². The van der Waals surface area contributed by atoms with E-state index in [1.165, 1.54) is 11.6 Å². The summed E-state index contributed by atoms with van der Waals surface area (Å²) >= 11 is 0. The summed E-state index contributed by atoms with van der Waals surface area (Å²) in [6.45, 7) is 2.81. The number of hydrogen-bond donors (Lipinski definition) is 1.